The van der Waals surface area contributed by atoms with E-state index in [4.69, 9.17) is 28.4 Å². The van der Waals surface area contributed by atoms with Crippen molar-refractivity contribution in [3.8, 4) is 0 Å². The van der Waals surface area contributed by atoms with Crippen molar-refractivity contribution >= 4 is 5.91 Å². The molecular weight excluding hydrogens is 1230 g/mol. The van der Waals surface area contributed by atoms with Crippen LogP contribution in [0.5, 0.6) is 0 Å². The van der Waals surface area contributed by atoms with Crippen molar-refractivity contribution in [3.05, 3.63) is 72.9 Å². The van der Waals surface area contributed by atoms with E-state index in [9.17, 15) is 61.0 Å². The number of hydrogen-bond donors (Lipinski definition) is 12. The molecule has 96 heavy (non-hydrogen) atoms. The van der Waals surface area contributed by atoms with E-state index in [1.807, 2.05) is 6.08 Å². The van der Waals surface area contributed by atoms with Gasteiger partial charge in [-0.2, -0.15) is 0 Å². The van der Waals surface area contributed by atoms with Crippen LogP contribution in [-0.2, 0) is 33.2 Å². The molecule has 19 nitrogen and oxygen atoms in total. The summed E-state index contributed by atoms with van der Waals surface area (Å²) in [7, 11) is 0. The van der Waals surface area contributed by atoms with Gasteiger partial charge in [-0.05, 0) is 70.6 Å². The summed E-state index contributed by atoms with van der Waals surface area (Å²) in [4.78, 5) is 13.5. The van der Waals surface area contributed by atoms with Crippen molar-refractivity contribution in [2.24, 2.45) is 0 Å². The summed E-state index contributed by atoms with van der Waals surface area (Å²) < 4.78 is 34.4. The molecule has 0 saturated carbocycles. The highest BCUT2D eigenvalue weighted by Gasteiger charge is 2.53. The Bertz CT molecular complexity index is 2020. The normalized spacial score (nSPS) is 27.4. The van der Waals surface area contributed by atoms with Crippen LogP contribution in [0.2, 0.25) is 0 Å². The van der Waals surface area contributed by atoms with Gasteiger partial charge in [0.15, 0.2) is 18.9 Å². The molecule has 0 aliphatic carbocycles. The molecule has 0 spiro atoms. The number of carbonyl (C=O) groups excluding carboxylic acids is 1. The van der Waals surface area contributed by atoms with Crippen molar-refractivity contribution in [2.75, 3.05) is 26.4 Å². The van der Waals surface area contributed by atoms with Crippen LogP contribution in [0.1, 0.15) is 277 Å². The Morgan fingerprint density at radius 1 is 0.385 bits per heavy atom. The number of amides is 1. The lowest BCUT2D eigenvalue weighted by Gasteiger charge is -2.48. The highest BCUT2D eigenvalue weighted by molar-refractivity contribution is 5.76. The standard InChI is InChI=1S/C77H137NO18/c1-3-5-7-9-11-13-15-17-19-21-23-25-27-28-29-30-31-32-33-35-37-39-41-43-45-47-49-51-53-55-65(83)78-60(61(82)54-52-50-48-46-44-42-40-38-36-34-26-24-22-20-18-16-14-12-10-8-6-4-2)59-91-75-71(89)68(86)73(63(57-80)93-75)96-77-72(90)69(87)74(64(58-81)94-77)95-76-70(88)67(85)66(84)62(56-79)92-76/h5,7,11,13,17,19,23,25,44,46,52,54,60-64,66-77,79-82,84-90H,3-4,6,8-10,12,14-16,18,20-22,24,26-43,45,47-51,53,55-59H2,1-2H3,(H,78,83)/b7-5-,13-11-,19-17-,25-23-,46-44+,54-52+. The molecule has 17 atom stereocenters. The fourth-order valence-electron chi connectivity index (χ4n) is 12.6. The number of hydrogen-bond acceptors (Lipinski definition) is 18. The molecule has 19 heteroatoms. The van der Waals surface area contributed by atoms with Gasteiger partial charge in [-0.1, -0.05) is 273 Å². The fraction of sp³-hybridized carbons (Fsp3) is 0.831. The molecule has 3 aliphatic heterocycles. The second-order valence-corrected chi connectivity index (χ2v) is 27.1. The van der Waals surface area contributed by atoms with Crippen LogP contribution in [0, 0.1) is 0 Å². The largest absolute Gasteiger partial charge is 0.394 e. The number of aliphatic hydroxyl groups excluding tert-OH is 11. The molecule has 3 saturated heterocycles. The number of carbonyl (C=O) groups is 1. The average Bonchev–Trinajstić information content (AvgIpc) is 0.787. The van der Waals surface area contributed by atoms with Gasteiger partial charge < -0.3 is 89.9 Å². The van der Waals surface area contributed by atoms with E-state index in [0.717, 1.165) is 64.2 Å². The lowest BCUT2D eigenvalue weighted by atomic mass is 9.96. The average molecular weight is 1360 g/mol. The van der Waals surface area contributed by atoms with Crippen molar-refractivity contribution in [3.63, 3.8) is 0 Å². The van der Waals surface area contributed by atoms with Gasteiger partial charge in [0, 0.05) is 6.42 Å². The lowest BCUT2D eigenvalue weighted by molar-refractivity contribution is -0.379. The highest BCUT2D eigenvalue weighted by atomic mass is 16.8. The van der Waals surface area contributed by atoms with E-state index in [2.05, 4.69) is 79.9 Å². The molecule has 3 heterocycles. The molecular formula is C77H137NO18. The van der Waals surface area contributed by atoms with E-state index in [-0.39, 0.29) is 18.9 Å². The van der Waals surface area contributed by atoms with E-state index in [1.54, 1.807) is 6.08 Å². The molecule has 3 fully saturated rings. The Kier molecular flexibility index (Phi) is 52.7. The monoisotopic (exact) mass is 1360 g/mol. The van der Waals surface area contributed by atoms with Gasteiger partial charge in [0.2, 0.25) is 5.91 Å². The Balaban J connectivity index is 1.40. The number of allylic oxidation sites excluding steroid dienone is 11. The van der Waals surface area contributed by atoms with Crippen LogP contribution in [-0.4, -0.2) is 193 Å². The second-order valence-electron chi connectivity index (χ2n) is 27.1. The Labute approximate surface area is 578 Å². The first-order valence-electron chi connectivity index (χ1n) is 38.2. The van der Waals surface area contributed by atoms with Crippen LogP contribution < -0.4 is 5.32 Å². The number of rotatable bonds is 59. The molecule has 17 unspecified atom stereocenters. The minimum absolute atomic E-state index is 0.234. The van der Waals surface area contributed by atoms with Crippen LogP contribution in [0.15, 0.2) is 72.9 Å². The number of nitrogens with one attached hydrogen (secondary N) is 1. The van der Waals surface area contributed by atoms with Crippen LogP contribution in [0.25, 0.3) is 0 Å². The van der Waals surface area contributed by atoms with Crippen molar-refractivity contribution < 1.29 is 89.4 Å². The zero-order chi connectivity index (χ0) is 69.6. The van der Waals surface area contributed by atoms with E-state index < -0.39 is 124 Å². The zero-order valence-electron chi connectivity index (χ0n) is 59.3. The SMILES string of the molecule is CC/C=C\C/C=C\C/C=C\C/C=C\CCCCCCCCCCCCCCCCCCC(=O)NC(COC1OC(CO)C(OC2OC(CO)C(OC3OC(CO)C(O)C(O)C3O)C(O)C2O)C(O)C1O)C(O)/C=C/CC/C=C/CCCCCCCCCCCCCCCCCC. The first-order valence-corrected chi connectivity index (χ1v) is 38.2. The molecule has 3 aliphatic rings. The molecule has 0 bridgehead atoms. The van der Waals surface area contributed by atoms with Crippen LogP contribution >= 0.6 is 0 Å². The molecule has 1 amide bonds. The topological polar surface area (TPSA) is 307 Å². The van der Waals surface area contributed by atoms with Gasteiger partial charge in [0.05, 0.1) is 38.6 Å². The number of unbranched alkanes of at least 4 members (excludes halogenated alkanes) is 33. The Morgan fingerprint density at radius 2 is 0.729 bits per heavy atom. The highest BCUT2D eigenvalue weighted by Crippen LogP contribution is 2.33. The maximum Gasteiger partial charge on any atom is 0.220 e. The third kappa shape index (κ3) is 38.3. The molecule has 558 valence electrons. The van der Waals surface area contributed by atoms with Crippen molar-refractivity contribution in [1.29, 1.82) is 0 Å². The maximum atomic E-state index is 13.5. The molecule has 0 aromatic carbocycles. The van der Waals surface area contributed by atoms with E-state index >= 15 is 0 Å². The number of aliphatic hydroxyl groups is 11. The third-order valence-electron chi connectivity index (χ3n) is 18.7. The van der Waals surface area contributed by atoms with Crippen LogP contribution in [0.4, 0.5) is 0 Å². The van der Waals surface area contributed by atoms with E-state index in [1.165, 1.54) is 180 Å². The predicted molar refractivity (Wildman–Crippen MR) is 378 cm³/mol. The minimum Gasteiger partial charge on any atom is -0.394 e. The molecule has 0 aromatic rings. The minimum atomic E-state index is -1.98. The zero-order valence-corrected chi connectivity index (χ0v) is 59.3. The van der Waals surface area contributed by atoms with Crippen LogP contribution in [0.3, 0.4) is 0 Å². The molecule has 3 rings (SSSR count). The summed E-state index contributed by atoms with van der Waals surface area (Å²) in [5, 5.41) is 121. The second kappa shape index (κ2) is 57.8. The summed E-state index contributed by atoms with van der Waals surface area (Å²) in [6.07, 6.45) is 47.4. The van der Waals surface area contributed by atoms with Gasteiger partial charge >= 0.3 is 0 Å². The summed E-state index contributed by atoms with van der Waals surface area (Å²) in [6.45, 7) is 1.63. The summed E-state index contributed by atoms with van der Waals surface area (Å²) >= 11 is 0. The summed E-state index contributed by atoms with van der Waals surface area (Å²) in [5.41, 5.74) is 0. The van der Waals surface area contributed by atoms with Gasteiger partial charge in [0.1, 0.15) is 73.2 Å². The summed E-state index contributed by atoms with van der Waals surface area (Å²) in [6, 6.07) is -0.994. The first kappa shape index (κ1) is 87.4. The smallest absolute Gasteiger partial charge is 0.220 e. The summed E-state index contributed by atoms with van der Waals surface area (Å²) in [5.74, 6) is -0.284. The fourth-order valence-corrected chi connectivity index (χ4v) is 12.6. The van der Waals surface area contributed by atoms with Crippen molar-refractivity contribution in [1.82, 2.24) is 5.32 Å². The molecule has 0 aromatic heterocycles. The van der Waals surface area contributed by atoms with Gasteiger partial charge in [-0.25, -0.2) is 0 Å². The van der Waals surface area contributed by atoms with Gasteiger partial charge in [-0.15, -0.1) is 0 Å². The molecule has 0 radical (unpaired) electrons. The Morgan fingerprint density at radius 3 is 1.17 bits per heavy atom. The van der Waals surface area contributed by atoms with E-state index in [0.29, 0.717) is 12.8 Å². The lowest BCUT2D eigenvalue weighted by Crippen LogP contribution is -2.66. The van der Waals surface area contributed by atoms with Gasteiger partial charge in [-0.3, -0.25) is 4.79 Å². The third-order valence-corrected chi connectivity index (χ3v) is 18.7. The molecule has 12 N–H and O–H groups in total. The number of ether oxygens (including phenoxy) is 6. The first-order chi connectivity index (χ1) is 46.8. The van der Waals surface area contributed by atoms with Gasteiger partial charge in [0.25, 0.3) is 0 Å². The quantitative estimate of drug-likeness (QED) is 0.0199. The van der Waals surface area contributed by atoms with Crippen molar-refractivity contribution in [2.45, 2.75) is 381 Å². The Hall–Kier alpha value is -2.77. The predicted octanol–water partition coefficient (Wildman–Crippen LogP) is 11.7. The maximum absolute atomic E-state index is 13.5.